The van der Waals surface area contributed by atoms with Gasteiger partial charge in [-0.3, -0.25) is 0 Å². The normalized spacial score (nSPS) is 15.7. The lowest BCUT2D eigenvalue weighted by Gasteiger charge is -2.30. The number of carbonyl (C=O) groups excluding carboxylic acids is 1. The second-order valence-electron chi connectivity index (χ2n) is 7.63. The van der Waals surface area contributed by atoms with Gasteiger partial charge in [0.25, 0.3) is 0 Å². The van der Waals surface area contributed by atoms with E-state index in [0.29, 0.717) is 12.8 Å². The second kappa shape index (κ2) is 9.04. The third-order valence-corrected chi connectivity index (χ3v) is 3.52. The summed E-state index contributed by atoms with van der Waals surface area (Å²) in [6.45, 7) is 9.29. The van der Waals surface area contributed by atoms with Crippen LogP contribution in [0.2, 0.25) is 0 Å². The minimum absolute atomic E-state index is 0.244. The number of carbonyl (C=O) groups is 1. The van der Waals surface area contributed by atoms with Crippen LogP contribution in [0.15, 0.2) is 30.3 Å². The van der Waals surface area contributed by atoms with E-state index in [4.69, 9.17) is 4.74 Å². The smallest absolute Gasteiger partial charge is 0.407 e. The number of benzene rings is 1. The fourth-order valence-corrected chi connectivity index (χ4v) is 2.47. The summed E-state index contributed by atoms with van der Waals surface area (Å²) in [4.78, 5) is 12.1. The molecule has 0 radical (unpaired) electrons. The Balaban J connectivity index is 2.84. The predicted molar refractivity (Wildman–Crippen MR) is 94.8 cm³/mol. The van der Waals surface area contributed by atoms with Gasteiger partial charge in [0, 0.05) is 0 Å². The highest BCUT2D eigenvalue weighted by Gasteiger charge is 2.30. The number of amides is 1. The summed E-state index contributed by atoms with van der Waals surface area (Å²) in [5, 5.41) is 23.5. The number of hydrogen-bond acceptors (Lipinski definition) is 4. The van der Waals surface area contributed by atoms with Crippen molar-refractivity contribution >= 4 is 6.09 Å². The molecule has 1 rings (SSSR count). The van der Waals surface area contributed by atoms with Crippen LogP contribution in [0.5, 0.6) is 0 Å². The Labute approximate surface area is 145 Å². The molecule has 1 aromatic carbocycles. The summed E-state index contributed by atoms with van der Waals surface area (Å²) in [7, 11) is 0. The molecule has 0 unspecified atom stereocenters. The average Bonchev–Trinajstić information content (AvgIpc) is 2.44. The van der Waals surface area contributed by atoms with E-state index in [9.17, 15) is 15.0 Å². The highest BCUT2D eigenvalue weighted by molar-refractivity contribution is 5.68. The molecular weight excluding hydrogens is 306 g/mol. The molecule has 0 fully saturated rings. The molecule has 0 aromatic heterocycles. The molecule has 5 nitrogen and oxygen atoms in total. The molecule has 136 valence electrons. The molecule has 0 saturated carbocycles. The maximum absolute atomic E-state index is 12.1. The SMILES string of the molecule is CC(C)C[C@H](O)[C@H](O)[C@H](Cc1ccccc1)NC(=O)OC(C)(C)C. The lowest BCUT2D eigenvalue weighted by molar-refractivity contribution is -0.0177. The van der Waals surface area contributed by atoms with E-state index in [1.54, 1.807) is 20.8 Å². The number of nitrogens with one attached hydrogen (secondary N) is 1. The zero-order chi connectivity index (χ0) is 18.3. The molecule has 0 saturated heterocycles. The molecular formula is C19H31NO4. The first kappa shape index (κ1) is 20.5. The van der Waals surface area contributed by atoms with Gasteiger partial charge in [-0.1, -0.05) is 44.2 Å². The van der Waals surface area contributed by atoms with Crippen LogP contribution in [0.1, 0.15) is 46.6 Å². The van der Waals surface area contributed by atoms with Gasteiger partial charge in [-0.05, 0) is 45.1 Å². The molecule has 1 amide bonds. The van der Waals surface area contributed by atoms with Crippen molar-refractivity contribution in [3.05, 3.63) is 35.9 Å². The number of ether oxygens (including phenoxy) is 1. The Morgan fingerprint density at radius 2 is 1.75 bits per heavy atom. The molecule has 3 atom stereocenters. The van der Waals surface area contributed by atoms with Gasteiger partial charge in [0.1, 0.15) is 11.7 Å². The Bertz CT molecular complexity index is 496. The van der Waals surface area contributed by atoms with E-state index in [2.05, 4.69) is 5.32 Å². The fourth-order valence-electron chi connectivity index (χ4n) is 2.47. The molecule has 1 aromatic rings. The third kappa shape index (κ3) is 7.79. The van der Waals surface area contributed by atoms with Crippen molar-refractivity contribution in [1.82, 2.24) is 5.32 Å². The Morgan fingerprint density at radius 3 is 2.25 bits per heavy atom. The van der Waals surface area contributed by atoms with E-state index in [-0.39, 0.29) is 5.92 Å². The van der Waals surface area contributed by atoms with Gasteiger partial charge in [0.2, 0.25) is 0 Å². The second-order valence-corrected chi connectivity index (χ2v) is 7.63. The van der Waals surface area contributed by atoms with E-state index in [1.807, 2.05) is 44.2 Å². The monoisotopic (exact) mass is 337 g/mol. The summed E-state index contributed by atoms with van der Waals surface area (Å²) in [5.41, 5.74) is 0.345. The van der Waals surface area contributed by atoms with Gasteiger partial charge in [-0.15, -0.1) is 0 Å². The highest BCUT2D eigenvalue weighted by Crippen LogP contribution is 2.15. The van der Waals surface area contributed by atoms with Gasteiger partial charge in [-0.25, -0.2) is 4.79 Å². The van der Waals surface area contributed by atoms with Gasteiger partial charge >= 0.3 is 6.09 Å². The van der Waals surface area contributed by atoms with Crippen molar-refractivity contribution in [2.45, 2.75) is 71.3 Å². The quantitative estimate of drug-likeness (QED) is 0.715. The van der Waals surface area contributed by atoms with Gasteiger partial charge < -0.3 is 20.3 Å². The summed E-state index contributed by atoms with van der Waals surface area (Å²) in [6, 6.07) is 8.92. The third-order valence-electron chi connectivity index (χ3n) is 3.52. The van der Waals surface area contributed by atoms with Crippen LogP contribution in [-0.4, -0.2) is 40.2 Å². The lowest BCUT2D eigenvalue weighted by Crippen LogP contribution is -2.51. The largest absolute Gasteiger partial charge is 0.444 e. The van der Waals surface area contributed by atoms with Crippen molar-refractivity contribution in [2.75, 3.05) is 0 Å². The fraction of sp³-hybridized carbons (Fsp3) is 0.632. The average molecular weight is 337 g/mol. The van der Waals surface area contributed by atoms with E-state index >= 15 is 0 Å². The van der Waals surface area contributed by atoms with Crippen LogP contribution >= 0.6 is 0 Å². The van der Waals surface area contributed by atoms with Crippen LogP contribution in [0.25, 0.3) is 0 Å². The zero-order valence-electron chi connectivity index (χ0n) is 15.3. The Hall–Kier alpha value is -1.59. The van der Waals surface area contributed by atoms with E-state index in [1.165, 1.54) is 0 Å². The van der Waals surface area contributed by atoms with Gasteiger partial charge in [-0.2, -0.15) is 0 Å². The first-order valence-corrected chi connectivity index (χ1v) is 8.48. The molecule has 3 N–H and O–H groups in total. The molecule has 24 heavy (non-hydrogen) atoms. The van der Waals surface area contributed by atoms with Gasteiger partial charge in [0.15, 0.2) is 0 Å². The van der Waals surface area contributed by atoms with Gasteiger partial charge in [0.05, 0.1) is 12.1 Å². The summed E-state index contributed by atoms with van der Waals surface area (Å²) in [5.74, 6) is 0.244. The highest BCUT2D eigenvalue weighted by atomic mass is 16.6. The van der Waals surface area contributed by atoms with Crippen LogP contribution in [0.3, 0.4) is 0 Å². The van der Waals surface area contributed by atoms with Crippen LogP contribution < -0.4 is 5.32 Å². The van der Waals surface area contributed by atoms with Crippen molar-refractivity contribution in [3.8, 4) is 0 Å². The number of aliphatic hydroxyl groups is 2. The maximum Gasteiger partial charge on any atom is 0.407 e. The minimum Gasteiger partial charge on any atom is -0.444 e. The number of hydrogen-bond donors (Lipinski definition) is 3. The minimum atomic E-state index is -1.07. The predicted octanol–water partition coefficient (Wildman–Crippen LogP) is 2.89. The first-order chi connectivity index (χ1) is 11.1. The van der Waals surface area contributed by atoms with Crippen LogP contribution in [0.4, 0.5) is 4.79 Å². The summed E-state index contributed by atoms with van der Waals surface area (Å²) < 4.78 is 5.27. The molecule has 0 bridgehead atoms. The van der Waals surface area contributed by atoms with Crippen LogP contribution in [-0.2, 0) is 11.2 Å². The zero-order valence-corrected chi connectivity index (χ0v) is 15.3. The molecule has 0 spiro atoms. The lowest BCUT2D eigenvalue weighted by atomic mass is 9.93. The van der Waals surface area contributed by atoms with Crippen molar-refractivity contribution in [2.24, 2.45) is 5.92 Å². The molecule has 0 aliphatic heterocycles. The van der Waals surface area contributed by atoms with Crippen molar-refractivity contribution in [1.29, 1.82) is 0 Å². The number of rotatable bonds is 7. The molecule has 0 heterocycles. The van der Waals surface area contributed by atoms with E-state index in [0.717, 1.165) is 5.56 Å². The maximum atomic E-state index is 12.1. The molecule has 5 heteroatoms. The van der Waals surface area contributed by atoms with Crippen molar-refractivity contribution in [3.63, 3.8) is 0 Å². The Morgan fingerprint density at radius 1 is 1.17 bits per heavy atom. The summed E-state index contributed by atoms with van der Waals surface area (Å²) >= 11 is 0. The first-order valence-electron chi connectivity index (χ1n) is 8.48. The molecule has 0 aliphatic rings. The van der Waals surface area contributed by atoms with Crippen molar-refractivity contribution < 1.29 is 19.7 Å². The molecule has 0 aliphatic carbocycles. The number of alkyl carbamates (subject to hydrolysis) is 1. The Kier molecular flexibility index (Phi) is 7.70. The van der Waals surface area contributed by atoms with Crippen LogP contribution in [0, 0.1) is 5.92 Å². The number of aliphatic hydroxyl groups excluding tert-OH is 2. The van der Waals surface area contributed by atoms with E-state index < -0.39 is 29.9 Å². The standard InChI is InChI=1S/C19H31NO4/c1-13(2)11-16(21)17(22)15(12-14-9-7-6-8-10-14)20-18(23)24-19(3,4)5/h6-10,13,15-17,21-22H,11-12H2,1-5H3,(H,20,23)/t15-,16-,17+/m0/s1. The summed E-state index contributed by atoms with van der Waals surface area (Å²) in [6.07, 6.45) is -1.70. The topological polar surface area (TPSA) is 78.8 Å².